The highest BCUT2D eigenvalue weighted by atomic mass is 14.2. The van der Waals surface area contributed by atoms with Crippen LogP contribution in [-0.4, -0.2) is 0 Å². The zero-order chi connectivity index (χ0) is 14.8. The van der Waals surface area contributed by atoms with E-state index in [0.717, 1.165) is 5.92 Å². The van der Waals surface area contributed by atoms with Gasteiger partial charge < -0.3 is 0 Å². The molecule has 20 heavy (non-hydrogen) atoms. The van der Waals surface area contributed by atoms with Gasteiger partial charge >= 0.3 is 0 Å². The molecule has 0 aliphatic rings. The van der Waals surface area contributed by atoms with Gasteiger partial charge in [-0.3, -0.25) is 0 Å². The Balaban J connectivity index is 2.67. The summed E-state index contributed by atoms with van der Waals surface area (Å²) in [6.45, 7) is 9.15. The van der Waals surface area contributed by atoms with E-state index in [1.165, 1.54) is 68.9 Å². The largest absolute Gasteiger partial charge is 0.0654 e. The van der Waals surface area contributed by atoms with Crippen molar-refractivity contribution in [2.45, 2.75) is 91.4 Å². The summed E-state index contributed by atoms with van der Waals surface area (Å²) in [5, 5.41) is 0. The third kappa shape index (κ3) is 5.69. The van der Waals surface area contributed by atoms with Gasteiger partial charge in [-0.05, 0) is 49.3 Å². The molecule has 0 aliphatic carbocycles. The lowest BCUT2D eigenvalue weighted by Crippen LogP contribution is -2.03. The summed E-state index contributed by atoms with van der Waals surface area (Å²) >= 11 is 0. The molecule has 0 heteroatoms. The molecule has 114 valence electrons. The van der Waals surface area contributed by atoms with Crippen LogP contribution in [0.25, 0.3) is 0 Å². The van der Waals surface area contributed by atoms with Gasteiger partial charge in [-0.1, -0.05) is 77.0 Å². The van der Waals surface area contributed by atoms with Crippen LogP contribution in [0, 0.1) is 13.8 Å². The predicted octanol–water partition coefficient (Wildman–Crippen LogP) is 6.94. The zero-order valence-electron chi connectivity index (χ0n) is 14.2. The van der Waals surface area contributed by atoms with Gasteiger partial charge in [0.05, 0.1) is 0 Å². The van der Waals surface area contributed by atoms with Crippen LogP contribution in [0.15, 0.2) is 18.2 Å². The average Bonchev–Trinajstić information content (AvgIpc) is 2.45. The molecule has 1 aromatic carbocycles. The van der Waals surface area contributed by atoms with E-state index in [2.05, 4.69) is 45.9 Å². The second kappa shape index (κ2) is 10.0. The summed E-state index contributed by atoms with van der Waals surface area (Å²) in [4.78, 5) is 0. The molecule has 0 amide bonds. The van der Waals surface area contributed by atoms with Gasteiger partial charge in [0.2, 0.25) is 0 Å². The molecule has 0 saturated heterocycles. The molecular formula is C20H34. The van der Waals surface area contributed by atoms with Crippen molar-refractivity contribution >= 4 is 0 Å². The minimum Gasteiger partial charge on any atom is -0.0654 e. The Morgan fingerprint density at radius 1 is 0.800 bits per heavy atom. The molecular weight excluding hydrogens is 240 g/mol. The van der Waals surface area contributed by atoms with Crippen molar-refractivity contribution in [3.8, 4) is 0 Å². The third-order valence-corrected chi connectivity index (χ3v) is 4.65. The number of benzene rings is 1. The number of unbranched alkanes of at least 4 members (excludes halogenated alkanes) is 5. The third-order valence-electron chi connectivity index (χ3n) is 4.65. The first-order valence-corrected chi connectivity index (χ1v) is 8.76. The van der Waals surface area contributed by atoms with Crippen LogP contribution in [-0.2, 0) is 0 Å². The number of rotatable bonds is 10. The average molecular weight is 274 g/mol. The van der Waals surface area contributed by atoms with Crippen molar-refractivity contribution in [1.29, 1.82) is 0 Å². The molecule has 0 heterocycles. The smallest absolute Gasteiger partial charge is 0.0159 e. The fourth-order valence-electron chi connectivity index (χ4n) is 3.13. The Morgan fingerprint density at radius 2 is 1.40 bits per heavy atom. The van der Waals surface area contributed by atoms with Crippen LogP contribution >= 0.6 is 0 Å². The van der Waals surface area contributed by atoms with E-state index in [1.54, 1.807) is 5.56 Å². The van der Waals surface area contributed by atoms with Crippen LogP contribution in [0.2, 0.25) is 0 Å². The lowest BCUT2D eigenvalue weighted by atomic mass is 9.85. The summed E-state index contributed by atoms with van der Waals surface area (Å²) in [5.41, 5.74) is 4.61. The Labute approximate surface area is 127 Å². The van der Waals surface area contributed by atoms with Crippen molar-refractivity contribution in [2.75, 3.05) is 0 Å². The molecule has 1 rings (SSSR count). The molecule has 0 fully saturated rings. The Bertz CT molecular complexity index is 364. The van der Waals surface area contributed by atoms with Crippen LogP contribution in [0.5, 0.6) is 0 Å². The summed E-state index contributed by atoms with van der Waals surface area (Å²) in [6.07, 6.45) is 12.4. The maximum absolute atomic E-state index is 2.37. The zero-order valence-corrected chi connectivity index (χ0v) is 14.2. The monoisotopic (exact) mass is 274 g/mol. The Hall–Kier alpha value is -0.780. The van der Waals surface area contributed by atoms with Crippen molar-refractivity contribution < 1.29 is 0 Å². The van der Waals surface area contributed by atoms with E-state index in [0.29, 0.717) is 0 Å². The number of hydrogen-bond acceptors (Lipinski definition) is 0. The lowest BCUT2D eigenvalue weighted by molar-refractivity contribution is 0.499. The van der Waals surface area contributed by atoms with E-state index < -0.39 is 0 Å². The number of aryl methyl sites for hydroxylation is 1. The van der Waals surface area contributed by atoms with Crippen molar-refractivity contribution in [1.82, 2.24) is 0 Å². The molecule has 0 N–H and O–H groups in total. The maximum Gasteiger partial charge on any atom is -0.0159 e. The fraction of sp³-hybridized carbons (Fsp3) is 0.700. The second-order valence-corrected chi connectivity index (χ2v) is 6.33. The normalized spacial score (nSPS) is 12.6. The molecule has 0 bridgehead atoms. The van der Waals surface area contributed by atoms with Crippen LogP contribution in [0.4, 0.5) is 0 Å². The van der Waals surface area contributed by atoms with Gasteiger partial charge in [-0.15, -0.1) is 0 Å². The van der Waals surface area contributed by atoms with Crippen LogP contribution in [0.1, 0.15) is 94.2 Å². The SMILES string of the molecule is CCCCCCC(CCCCC)c1cccc(C)c1C. The summed E-state index contributed by atoms with van der Waals surface area (Å²) in [5.74, 6) is 0.790. The molecule has 0 aromatic heterocycles. The van der Waals surface area contributed by atoms with E-state index >= 15 is 0 Å². The van der Waals surface area contributed by atoms with Crippen molar-refractivity contribution in [2.24, 2.45) is 0 Å². The molecule has 1 aromatic rings. The van der Waals surface area contributed by atoms with Crippen LogP contribution < -0.4 is 0 Å². The Morgan fingerprint density at radius 3 is 2.05 bits per heavy atom. The number of hydrogen-bond donors (Lipinski definition) is 0. The Kier molecular flexibility index (Phi) is 8.65. The minimum absolute atomic E-state index is 0.790. The lowest BCUT2D eigenvalue weighted by Gasteiger charge is -2.20. The summed E-state index contributed by atoms with van der Waals surface area (Å²) in [7, 11) is 0. The highest BCUT2D eigenvalue weighted by molar-refractivity contribution is 5.35. The fourth-order valence-corrected chi connectivity index (χ4v) is 3.13. The predicted molar refractivity (Wildman–Crippen MR) is 91.6 cm³/mol. The van der Waals surface area contributed by atoms with Gasteiger partial charge in [0.25, 0.3) is 0 Å². The second-order valence-electron chi connectivity index (χ2n) is 6.33. The maximum atomic E-state index is 2.37. The molecule has 0 radical (unpaired) electrons. The molecule has 0 aliphatic heterocycles. The molecule has 0 spiro atoms. The first-order valence-electron chi connectivity index (χ1n) is 8.76. The summed E-state index contributed by atoms with van der Waals surface area (Å²) < 4.78 is 0. The van der Waals surface area contributed by atoms with E-state index in [-0.39, 0.29) is 0 Å². The van der Waals surface area contributed by atoms with Gasteiger partial charge in [0.1, 0.15) is 0 Å². The molecule has 1 unspecified atom stereocenters. The first kappa shape index (κ1) is 17.3. The van der Waals surface area contributed by atoms with Crippen LogP contribution in [0.3, 0.4) is 0 Å². The molecule has 0 saturated carbocycles. The quantitative estimate of drug-likeness (QED) is 0.405. The minimum atomic E-state index is 0.790. The van der Waals surface area contributed by atoms with E-state index in [1.807, 2.05) is 0 Å². The molecule has 1 atom stereocenters. The highest BCUT2D eigenvalue weighted by Gasteiger charge is 2.14. The van der Waals surface area contributed by atoms with Gasteiger partial charge in [-0.25, -0.2) is 0 Å². The van der Waals surface area contributed by atoms with Crippen molar-refractivity contribution in [3.05, 3.63) is 34.9 Å². The molecule has 0 nitrogen and oxygen atoms in total. The standard InChI is InChI=1S/C20H34/c1-5-7-9-11-15-19(14-10-8-6-2)20-16-12-13-17(3)18(20)4/h12-13,16,19H,5-11,14-15H2,1-4H3. The van der Waals surface area contributed by atoms with Gasteiger partial charge in [0.15, 0.2) is 0 Å². The van der Waals surface area contributed by atoms with E-state index in [4.69, 9.17) is 0 Å². The summed E-state index contributed by atoms with van der Waals surface area (Å²) in [6, 6.07) is 6.87. The topological polar surface area (TPSA) is 0 Å². The van der Waals surface area contributed by atoms with Crippen molar-refractivity contribution in [3.63, 3.8) is 0 Å². The van der Waals surface area contributed by atoms with E-state index in [9.17, 15) is 0 Å². The first-order chi connectivity index (χ1) is 9.70. The highest BCUT2D eigenvalue weighted by Crippen LogP contribution is 2.31. The van der Waals surface area contributed by atoms with Gasteiger partial charge in [-0.2, -0.15) is 0 Å². The van der Waals surface area contributed by atoms with Gasteiger partial charge in [0, 0.05) is 0 Å².